The van der Waals surface area contributed by atoms with E-state index in [1.165, 1.54) is 21.3 Å². The van der Waals surface area contributed by atoms with Crippen molar-refractivity contribution in [2.45, 2.75) is 17.6 Å². The van der Waals surface area contributed by atoms with E-state index >= 15 is 0 Å². The van der Waals surface area contributed by atoms with E-state index in [0.29, 0.717) is 46.3 Å². The molecular formula is C30H30O6S. The third-order valence-corrected chi connectivity index (χ3v) is 7.97. The second kappa shape index (κ2) is 11.8. The third-order valence-electron chi connectivity index (χ3n) is 6.02. The molecule has 0 saturated heterocycles. The average molecular weight is 519 g/mol. The summed E-state index contributed by atoms with van der Waals surface area (Å²) in [6.45, 7) is 0.292. The van der Waals surface area contributed by atoms with Gasteiger partial charge in [0.1, 0.15) is 34.9 Å². The van der Waals surface area contributed by atoms with Crippen LogP contribution < -0.4 is 18.9 Å². The lowest BCUT2D eigenvalue weighted by Gasteiger charge is -2.25. The first-order valence-corrected chi connectivity index (χ1v) is 13.5. The van der Waals surface area contributed by atoms with Crippen molar-refractivity contribution >= 4 is 9.84 Å². The number of hydrogen-bond acceptors (Lipinski definition) is 6. The van der Waals surface area contributed by atoms with Crippen LogP contribution >= 0.6 is 0 Å². The van der Waals surface area contributed by atoms with E-state index in [0.717, 1.165) is 5.56 Å². The number of sulfone groups is 1. The molecule has 0 radical (unpaired) electrons. The Hall–Kier alpha value is -3.97. The second-order valence-electron chi connectivity index (χ2n) is 8.43. The molecule has 4 rings (SSSR count). The highest BCUT2D eigenvalue weighted by Crippen LogP contribution is 2.47. The summed E-state index contributed by atoms with van der Waals surface area (Å²) in [7, 11) is 0.672. The van der Waals surface area contributed by atoms with Gasteiger partial charge in [-0.3, -0.25) is 0 Å². The first-order chi connectivity index (χ1) is 18.0. The lowest BCUT2D eigenvalue weighted by Crippen LogP contribution is -2.19. The van der Waals surface area contributed by atoms with Crippen molar-refractivity contribution in [3.63, 3.8) is 0 Å². The second-order valence-corrected chi connectivity index (χ2v) is 10.5. The van der Waals surface area contributed by atoms with Gasteiger partial charge in [0.25, 0.3) is 0 Å². The summed E-state index contributed by atoms with van der Waals surface area (Å²) in [4.78, 5) is 0. The maximum atomic E-state index is 14.2. The standard InChI is InChI=1S/C30H30O6S/c1-33-24-18-27(34-2)29(28(19-24)35-3)30(37(31,32)21-23-14-8-5-9-15-23)25-16-10-11-17-26(25)36-20-22-12-6-4-7-13-22/h4-19,30H,20-21H2,1-3H3. The van der Waals surface area contributed by atoms with Gasteiger partial charge in [-0.1, -0.05) is 78.9 Å². The molecule has 0 bridgehead atoms. The molecule has 7 heteroatoms. The largest absolute Gasteiger partial charge is 0.496 e. The molecule has 37 heavy (non-hydrogen) atoms. The van der Waals surface area contributed by atoms with Crippen LogP contribution in [0.4, 0.5) is 0 Å². The Bertz CT molecular complexity index is 1390. The van der Waals surface area contributed by atoms with Crippen LogP contribution in [0.1, 0.15) is 27.5 Å². The summed E-state index contributed by atoms with van der Waals surface area (Å²) >= 11 is 0. The molecule has 1 atom stereocenters. The quantitative estimate of drug-likeness (QED) is 0.243. The van der Waals surface area contributed by atoms with Crippen LogP contribution in [-0.4, -0.2) is 29.7 Å². The molecule has 0 saturated carbocycles. The minimum Gasteiger partial charge on any atom is -0.496 e. The molecule has 4 aromatic carbocycles. The monoisotopic (exact) mass is 518 g/mol. The Kier molecular flexibility index (Phi) is 8.36. The van der Waals surface area contributed by atoms with Crippen molar-refractivity contribution in [3.8, 4) is 23.0 Å². The molecule has 0 aromatic heterocycles. The zero-order valence-corrected chi connectivity index (χ0v) is 21.9. The summed E-state index contributed by atoms with van der Waals surface area (Å²) in [5.41, 5.74) is 2.54. The summed E-state index contributed by atoms with van der Waals surface area (Å²) in [5, 5.41) is -1.13. The molecule has 0 aliphatic carbocycles. The Balaban J connectivity index is 1.89. The van der Waals surface area contributed by atoms with Crippen molar-refractivity contribution in [1.29, 1.82) is 0 Å². The van der Waals surface area contributed by atoms with E-state index in [1.54, 1.807) is 42.5 Å². The van der Waals surface area contributed by atoms with E-state index in [4.69, 9.17) is 18.9 Å². The van der Waals surface area contributed by atoms with Gasteiger partial charge in [-0.25, -0.2) is 8.42 Å². The molecular weight excluding hydrogens is 488 g/mol. The lowest BCUT2D eigenvalue weighted by atomic mass is 10.0. The Morgan fingerprint density at radius 2 is 1.19 bits per heavy atom. The normalized spacial score (nSPS) is 12.0. The molecule has 0 N–H and O–H groups in total. The van der Waals surface area contributed by atoms with Crippen LogP contribution in [0.3, 0.4) is 0 Å². The summed E-state index contributed by atoms with van der Waals surface area (Å²) < 4.78 is 51.4. The molecule has 0 aliphatic heterocycles. The van der Waals surface area contributed by atoms with Crippen molar-refractivity contribution < 1.29 is 27.4 Å². The van der Waals surface area contributed by atoms with Gasteiger partial charge in [0, 0.05) is 17.7 Å². The smallest absolute Gasteiger partial charge is 0.166 e. The maximum absolute atomic E-state index is 14.2. The molecule has 0 spiro atoms. The third kappa shape index (κ3) is 6.06. The fourth-order valence-corrected chi connectivity index (χ4v) is 6.27. The molecule has 0 aliphatic rings. The van der Waals surface area contributed by atoms with Crippen molar-refractivity contribution in [2.24, 2.45) is 0 Å². The van der Waals surface area contributed by atoms with Crippen LogP contribution in [0.5, 0.6) is 23.0 Å². The Labute approximate surface area is 218 Å². The van der Waals surface area contributed by atoms with Crippen LogP contribution in [0, 0.1) is 0 Å². The first-order valence-electron chi connectivity index (χ1n) is 11.8. The van der Waals surface area contributed by atoms with Gasteiger partial charge in [-0.05, 0) is 17.2 Å². The zero-order valence-electron chi connectivity index (χ0n) is 21.1. The SMILES string of the molecule is COc1cc(OC)c(C(c2ccccc2OCc2ccccc2)S(=O)(=O)Cc2ccccc2)c(OC)c1. The number of hydrogen-bond donors (Lipinski definition) is 0. The Morgan fingerprint density at radius 3 is 1.76 bits per heavy atom. The predicted octanol–water partition coefficient (Wildman–Crippen LogP) is 6.00. The van der Waals surface area contributed by atoms with Gasteiger partial charge in [0.15, 0.2) is 9.84 Å². The first kappa shape index (κ1) is 26.1. The molecule has 4 aromatic rings. The topological polar surface area (TPSA) is 71.1 Å². The molecule has 0 heterocycles. The van der Waals surface area contributed by atoms with Crippen molar-refractivity contribution in [2.75, 3.05) is 21.3 Å². The van der Waals surface area contributed by atoms with E-state index in [1.807, 2.05) is 54.6 Å². The van der Waals surface area contributed by atoms with Crippen molar-refractivity contribution in [3.05, 3.63) is 119 Å². The predicted molar refractivity (Wildman–Crippen MR) is 144 cm³/mol. The van der Waals surface area contributed by atoms with E-state index in [9.17, 15) is 8.42 Å². The lowest BCUT2D eigenvalue weighted by molar-refractivity contribution is 0.302. The average Bonchev–Trinajstić information content (AvgIpc) is 2.93. The van der Waals surface area contributed by atoms with Crippen LogP contribution in [0.25, 0.3) is 0 Å². The number of rotatable bonds is 11. The van der Waals surface area contributed by atoms with E-state index < -0.39 is 15.1 Å². The number of ether oxygens (including phenoxy) is 4. The molecule has 0 amide bonds. The zero-order chi connectivity index (χ0) is 26.3. The number of benzene rings is 4. The van der Waals surface area contributed by atoms with Gasteiger partial charge in [-0.2, -0.15) is 0 Å². The highest BCUT2D eigenvalue weighted by molar-refractivity contribution is 7.91. The van der Waals surface area contributed by atoms with Gasteiger partial charge >= 0.3 is 0 Å². The number of para-hydroxylation sites is 1. The van der Waals surface area contributed by atoms with Crippen LogP contribution in [-0.2, 0) is 22.2 Å². The summed E-state index contributed by atoms with van der Waals surface area (Å²) in [6, 6.07) is 29.3. The molecule has 6 nitrogen and oxygen atoms in total. The molecule has 0 fully saturated rings. The van der Waals surface area contributed by atoms with E-state index in [2.05, 4.69) is 0 Å². The summed E-state index contributed by atoms with van der Waals surface area (Å²) in [5.74, 6) is 1.47. The minimum atomic E-state index is -3.85. The van der Waals surface area contributed by atoms with Gasteiger partial charge in [0.05, 0.1) is 32.6 Å². The fraction of sp³-hybridized carbons (Fsp3) is 0.200. The molecule has 192 valence electrons. The van der Waals surface area contributed by atoms with Gasteiger partial charge in [-0.15, -0.1) is 0 Å². The molecule has 1 unspecified atom stereocenters. The van der Waals surface area contributed by atoms with Crippen molar-refractivity contribution in [1.82, 2.24) is 0 Å². The van der Waals surface area contributed by atoms with Crippen LogP contribution in [0.2, 0.25) is 0 Å². The van der Waals surface area contributed by atoms with Gasteiger partial charge in [0.2, 0.25) is 0 Å². The summed E-state index contributed by atoms with van der Waals surface area (Å²) in [6.07, 6.45) is 0. The fourth-order valence-electron chi connectivity index (χ4n) is 4.27. The van der Waals surface area contributed by atoms with E-state index in [-0.39, 0.29) is 5.75 Å². The Morgan fingerprint density at radius 1 is 0.649 bits per heavy atom. The van der Waals surface area contributed by atoms with Crippen LogP contribution in [0.15, 0.2) is 97.1 Å². The highest BCUT2D eigenvalue weighted by Gasteiger charge is 2.37. The number of methoxy groups -OCH3 is 3. The highest BCUT2D eigenvalue weighted by atomic mass is 32.2. The van der Waals surface area contributed by atoms with Gasteiger partial charge < -0.3 is 18.9 Å². The minimum absolute atomic E-state index is 0.177. The maximum Gasteiger partial charge on any atom is 0.166 e.